The summed E-state index contributed by atoms with van der Waals surface area (Å²) in [6, 6.07) is 0. The van der Waals surface area contributed by atoms with Crippen molar-refractivity contribution in [3.05, 3.63) is 11.5 Å². The van der Waals surface area contributed by atoms with Gasteiger partial charge in [-0.25, -0.2) is 4.98 Å². The lowest BCUT2D eigenvalue weighted by atomic mass is 10.4. The number of nitrogens with zero attached hydrogens (tertiary/aromatic N) is 4. The molecule has 0 unspecified atom stereocenters. The van der Waals surface area contributed by atoms with Crippen LogP contribution in [0.25, 0.3) is 11.2 Å². The Morgan fingerprint density at radius 1 is 1.47 bits per heavy atom. The number of rotatable bonds is 3. The van der Waals surface area contributed by atoms with Crippen molar-refractivity contribution in [3.8, 4) is 0 Å². The van der Waals surface area contributed by atoms with Crippen molar-refractivity contribution in [3.63, 3.8) is 0 Å². The van der Waals surface area contributed by atoms with Gasteiger partial charge in [-0.1, -0.05) is 11.6 Å². The van der Waals surface area contributed by atoms with Gasteiger partial charge in [-0.2, -0.15) is 9.97 Å². The summed E-state index contributed by atoms with van der Waals surface area (Å²) >= 11 is 5.85. The summed E-state index contributed by atoms with van der Waals surface area (Å²) in [6.07, 6.45) is 2.24. The number of hydrogen-bond donors (Lipinski definition) is 2. The Morgan fingerprint density at radius 3 is 3.00 bits per heavy atom. The molecule has 0 spiro atoms. The van der Waals surface area contributed by atoms with Crippen LogP contribution < -0.4 is 5.73 Å². The number of aromatic nitrogens is 4. The molecule has 0 amide bonds. The largest absolute Gasteiger partial charge is 0.396 e. The summed E-state index contributed by atoms with van der Waals surface area (Å²) in [7, 11) is 0. The predicted octanol–water partition coefficient (Wildman–Crippen LogP) is 0.444. The van der Waals surface area contributed by atoms with Crippen molar-refractivity contribution < 1.29 is 5.11 Å². The topological polar surface area (TPSA) is 89.8 Å². The number of aryl methyl sites for hydroxylation is 1. The molecule has 80 valence electrons. The molecular formula is C8H10ClN5O. The third kappa shape index (κ3) is 1.86. The SMILES string of the molecule is Nc1nc(Cl)c2ncn(CCCO)c2n1. The van der Waals surface area contributed by atoms with Crippen LogP contribution in [0.15, 0.2) is 6.33 Å². The maximum absolute atomic E-state index is 8.73. The zero-order chi connectivity index (χ0) is 10.8. The number of imidazole rings is 1. The van der Waals surface area contributed by atoms with Gasteiger partial charge >= 0.3 is 0 Å². The van der Waals surface area contributed by atoms with Crippen molar-refractivity contribution in [2.24, 2.45) is 0 Å². The lowest BCUT2D eigenvalue weighted by Crippen LogP contribution is -2.02. The molecule has 0 aliphatic rings. The molecule has 0 atom stereocenters. The van der Waals surface area contributed by atoms with Gasteiger partial charge in [0, 0.05) is 13.2 Å². The molecule has 0 aliphatic heterocycles. The Bertz CT molecular complexity index is 483. The molecule has 0 saturated heterocycles. The summed E-state index contributed by atoms with van der Waals surface area (Å²) in [5.74, 6) is 0.123. The standard InChI is InChI=1S/C8H10ClN5O/c9-6-5-7(13-8(10)12-6)14(4-11-5)2-1-3-15/h4,15H,1-3H2,(H2,10,12,13). The van der Waals surface area contributed by atoms with Crippen molar-refractivity contribution in [2.75, 3.05) is 12.3 Å². The second-order valence-electron chi connectivity index (χ2n) is 3.06. The number of hydrogen-bond acceptors (Lipinski definition) is 5. The van der Waals surface area contributed by atoms with Gasteiger partial charge in [0.05, 0.1) is 6.33 Å². The minimum absolute atomic E-state index is 0.119. The number of aliphatic hydroxyl groups excluding tert-OH is 1. The molecule has 0 aromatic carbocycles. The number of halogens is 1. The van der Waals surface area contributed by atoms with Crippen LogP contribution in [0, 0.1) is 0 Å². The average Bonchev–Trinajstić information content (AvgIpc) is 2.58. The van der Waals surface area contributed by atoms with E-state index in [0.717, 1.165) is 0 Å². The molecule has 2 aromatic rings. The predicted molar refractivity (Wildman–Crippen MR) is 56.4 cm³/mol. The van der Waals surface area contributed by atoms with E-state index in [1.54, 1.807) is 10.9 Å². The van der Waals surface area contributed by atoms with Gasteiger partial charge in [0.25, 0.3) is 0 Å². The molecule has 0 saturated carbocycles. The maximum Gasteiger partial charge on any atom is 0.223 e. The van der Waals surface area contributed by atoms with Crippen LogP contribution in [0.4, 0.5) is 5.95 Å². The first-order valence-corrected chi connectivity index (χ1v) is 4.85. The van der Waals surface area contributed by atoms with Gasteiger partial charge in [-0.3, -0.25) is 0 Å². The summed E-state index contributed by atoms with van der Waals surface area (Å²) < 4.78 is 1.79. The molecule has 0 bridgehead atoms. The fourth-order valence-electron chi connectivity index (χ4n) is 1.33. The van der Waals surface area contributed by atoms with Gasteiger partial charge in [-0.15, -0.1) is 0 Å². The first kappa shape index (κ1) is 10.1. The van der Waals surface area contributed by atoms with E-state index in [0.29, 0.717) is 24.1 Å². The third-order valence-electron chi connectivity index (χ3n) is 2.00. The molecule has 6 nitrogen and oxygen atoms in total. The van der Waals surface area contributed by atoms with E-state index in [2.05, 4.69) is 15.0 Å². The molecule has 2 rings (SSSR count). The van der Waals surface area contributed by atoms with Crippen LogP contribution in [0.1, 0.15) is 6.42 Å². The van der Waals surface area contributed by atoms with E-state index >= 15 is 0 Å². The zero-order valence-electron chi connectivity index (χ0n) is 7.89. The van der Waals surface area contributed by atoms with Crippen LogP contribution >= 0.6 is 11.6 Å². The second kappa shape index (κ2) is 4.00. The molecule has 0 aliphatic carbocycles. The number of anilines is 1. The van der Waals surface area contributed by atoms with E-state index < -0.39 is 0 Å². The van der Waals surface area contributed by atoms with E-state index in [1.165, 1.54) is 0 Å². The van der Waals surface area contributed by atoms with Gasteiger partial charge in [-0.05, 0) is 6.42 Å². The highest BCUT2D eigenvalue weighted by molar-refractivity contribution is 6.33. The molecule has 3 N–H and O–H groups in total. The molecule has 2 heterocycles. The number of nitrogens with two attached hydrogens (primary N) is 1. The molecule has 7 heteroatoms. The van der Waals surface area contributed by atoms with Gasteiger partial charge < -0.3 is 15.4 Å². The Balaban J connectivity index is 2.49. The highest BCUT2D eigenvalue weighted by atomic mass is 35.5. The highest BCUT2D eigenvalue weighted by Gasteiger charge is 2.09. The fourth-order valence-corrected chi connectivity index (χ4v) is 1.55. The van der Waals surface area contributed by atoms with E-state index in [-0.39, 0.29) is 17.7 Å². The lowest BCUT2D eigenvalue weighted by Gasteiger charge is -2.01. The second-order valence-corrected chi connectivity index (χ2v) is 3.42. The minimum Gasteiger partial charge on any atom is -0.396 e. The van der Waals surface area contributed by atoms with Crippen molar-refractivity contribution >= 4 is 28.7 Å². The first-order valence-electron chi connectivity index (χ1n) is 4.47. The van der Waals surface area contributed by atoms with Crippen LogP contribution in [0.5, 0.6) is 0 Å². The smallest absolute Gasteiger partial charge is 0.223 e. The molecule has 0 fully saturated rings. The van der Waals surface area contributed by atoms with E-state index in [1.807, 2.05) is 0 Å². The van der Waals surface area contributed by atoms with Crippen LogP contribution in [-0.2, 0) is 6.54 Å². The van der Waals surface area contributed by atoms with E-state index in [9.17, 15) is 0 Å². The Labute approximate surface area is 90.7 Å². The number of fused-ring (bicyclic) bond motifs is 1. The molecule has 2 aromatic heterocycles. The first-order chi connectivity index (χ1) is 7.22. The summed E-state index contributed by atoms with van der Waals surface area (Å²) in [4.78, 5) is 11.9. The Morgan fingerprint density at radius 2 is 2.27 bits per heavy atom. The summed E-state index contributed by atoms with van der Waals surface area (Å²) in [5.41, 5.74) is 6.61. The van der Waals surface area contributed by atoms with Crippen molar-refractivity contribution in [1.82, 2.24) is 19.5 Å². The lowest BCUT2D eigenvalue weighted by molar-refractivity contribution is 0.280. The van der Waals surface area contributed by atoms with Crippen LogP contribution in [0.3, 0.4) is 0 Å². The Kier molecular flexibility index (Phi) is 2.70. The molecular weight excluding hydrogens is 218 g/mol. The molecule has 0 radical (unpaired) electrons. The average molecular weight is 228 g/mol. The molecule has 15 heavy (non-hydrogen) atoms. The van der Waals surface area contributed by atoms with Crippen LogP contribution in [-0.4, -0.2) is 31.2 Å². The maximum atomic E-state index is 8.73. The normalized spacial score (nSPS) is 11.1. The number of nitrogen functional groups attached to an aromatic ring is 1. The van der Waals surface area contributed by atoms with Crippen molar-refractivity contribution in [1.29, 1.82) is 0 Å². The highest BCUT2D eigenvalue weighted by Crippen LogP contribution is 2.19. The van der Waals surface area contributed by atoms with E-state index in [4.69, 9.17) is 22.4 Å². The van der Waals surface area contributed by atoms with Gasteiger partial charge in [0.2, 0.25) is 5.95 Å². The monoisotopic (exact) mass is 227 g/mol. The third-order valence-corrected chi connectivity index (χ3v) is 2.26. The fraction of sp³-hybridized carbons (Fsp3) is 0.375. The van der Waals surface area contributed by atoms with Crippen molar-refractivity contribution in [2.45, 2.75) is 13.0 Å². The van der Waals surface area contributed by atoms with Crippen LogP contribution in [0.2, 0.25) is 5.15 Å². The van der Waals surface area contributed by atoms with Gasteiger partial charge in [0.15, 0.2) is 10.8 Å². The number of aliphatic hydroxyl groups is 1. The summed E-state index contributed by atoms with van der Waals surface area (Å²) in [6.45, 7) is 0.744. The van der Waals surface area contributed by atoms with Gasteiger partial charge in [0.1, 0.15) is 5.52 Å². The summed E-state index contributed by atoms with van der Waals surface area (Å²) in [5, 5.41) is 8.98. The quantitative estimate of drug-likeness (QED) is 0.743. The zero-order valence-corrected chi connectivity index (χ0v) is 8.65. The Hall–Kier alpha value is -1.40. The minimum atomic E-state index is 0.119.